The van der Waals surface area contributed by atoms with Crippen molar-refractivity contribution in [3.8, 4) is 11.9 Å². The number of amides is 1. The molecular weight excluding hydrogens is 332 g/mol. The predicted molar refractivity (Wildman–Crippen MR) is 95.6 cm³/mol. The standard InChI is InChI=1S/C19H22N4O3/c1-12-7-15(14(3)23(12)18-8-13(2)26-22-18)9-16(10-20)19(24)21-11-17-5-4-6-25-17/h7-9,17H,4-6,11H2,1-3H3,(H,21,24)/b16-9+/t17-/m0/s1. The van der Waals surface area contributed by atoms with Crippen molar-refractivity contribution in [3.63, 3.8) is 0 Å². The first kappa shape index (κ1) is 18.0. The maximum absolute atomic E-state index is 12.3. The Hall–Kier alpha value is -2.85. The lowest BCUT2D eigenvalue weighted by atomic mass is 10.1. The fourth-order valence-electron chi connectivity index (χ4n) is 3.16. The number of nitrogens with one attached hydrogen (secondary N) is 1. The minimum Gasteiger partial charge on any atom is -0.376 e. The van der Waals surface area contributed by atoms with Gasteiger partial charge in [0, 0.05) is 30.6 Å². The Balaban J connectivity index is 1.80. The van der Waals surface area contributed by atoms with Crippen LogP contribution in [0.3, 0.4) is 0 Å². The molecule has 7 heteroatoms. The fraction of sp³-hybridized carbons (Fsp3) is 0.421. The van der Waals surface area contributed by atoms with Crippen molar-refractivity contribution in [1.29, 1.82) is 5.26 Å². The predicted octanol–water partition coefficient (Wildman–Crippen LogP) is 2.59. The molecule has 2 aromatic heterocycles. The number of nitrogens with zero attached hydrogens (tertiary/aromatic N) is 3. The summed E-state index contributed by atoms with van der Waals surface area (Å²) in [6, 6.07) is 5.75. The number of ether oxygens (including phenoxy) is 1. The van der Waals surface area contributed by atoms with Crippen LogP contribution in [-0.4, -0.2) is 34.9 Å². The number of carbonyl (C=O) groups excluding carboxylic acids is 1. The highest BCUT2D eigenvalue weighted by atomic mass is 16.5. The fourth-order valence-corrected chi connectivity index (χ4v) is 3.16. The summed E-state index contributed by atoms with van der Waals surface area (Å²) in [4.78, 5) is 12.3. The Morgan fingerprint density at radius 2 is 2.27 bits per heavy atom. The van der Waals surface area contributed by atoms with Gasteiger partial charge in [0.05, 0.1) is 6.10 Å². The second-order valence-electron chi connectivity index (χ2n) is 6.47. The largest absolute Gasteiger partial charge is 0.376 e. The number of aromatic nitrogens is 2. The topological polar surface area (TPSA) is 93.1 Å². The second kappa shape index (κ2) is 7.58. The molecule has 3 rings (SSSR count). The quantitative estimate of drug-likeness (QED) is 0.658. The van der Waals surface area contributed by atoms with Crippen LogP contribution in [0.4, 0.5) is 0 Å². The van der Waals surface area contributed by atoms with Gasteiger partial charge in [0.15, 0.2) is 5.82 Å². The van der Waals surface area contributed by atoms with Gasteiger partial charge in [-0.25, -0.2) is 0 Å². The molecule has 0 aliphatic carbocycles. The molecule has 1 saturated heterocycles. The van der Waals surface area contributed by atoms with E-state index in [1.807, 2.05) is 43.5 Å². The van der Waals surface area contributed by atoms with E-state index in [1.54, 1.807) is 6.08 Å². The molecule has 1 N–H and O–H groups in total. The molecule has 1 aliphatic rings. The third-order valence-corrected chi connectivity index (χ3v) is 4.49. The first-order chi connectivity index (χ1) is 12.5. The summed E-state index contributed by atoms with van der Waals surface area (Å²) >= 11 is 0. The third-order valence-electron chi connectivity index (χ3n) is 4.49. The average molecular weight is 354 g/mol. The molecule has 7 nitrogen and oxygen atoms in total. The minimum atomic E-state index is -0.384. The Bertz CT molecular complexity index is 879. The van der Waals surface area contributed by atoms with Gasteiger partial charge < -0.3 is 14.6 Å². The molecule has 26 heavy (non-hydrogen) atoms. The van der Waals surface area contributed by atoms with E-state index in [2.05, 4.69) is 10.5 Å². The molecule has 3 heterocycles. The molecular formula is C19H22N4O3. The molecule has 1 amide bonds. The number of aryl methyl sites for hydroxylation is 2. The van der Waals surface area contributed by atoms with Gasteiger partial charge in [-0.3, -0.25) is 9.36 Å². The number of hydrogen-bond acceptors (Lipinski definition) is 5. The van der Waals surface area contributed by atoms with Crippen molar-refractivity contribution in [2.45, 2.75) is 39.7 Å². The van der Waals surface area contributed by atoms with Gasteiger partial charge in [-0.2, -0.15) is 5.26 Å². The molecule has 1 fully saturated rings. The highest BCUT2D eigenvalue weighted by Crippen LogP contribution is 2.22. The van der Waals surface area contributed by atoms with Crippen LogP contribution >= 0.6 is 0 Å². The zero-order valence-corrected chi connectivity index (χ0v) is 15.2. The Morgan fingerprint density at radius 1 is 1.46 bits per heavy atom. The van der Waals surface area contributed by atoms with Crippen molar-refractivity contribution in [2.75, 3.05) is 13.2 Å². The van der Waals surface area contributed by atoms with Crippen molar-refractivity contribution < 1.29 is 14.1 Å². The van der Waals surface area contributed by atoms with Gasteiger partial charge in [-0.15, -0.1) is 0 Å². The lowest BCUT2D eigenvalue weighted by Crippen LogP contribution is -2.32. The summed E-state index contributed by atoms with van der Waals surface area (Å²) in [6.07, 6.45) is 3.59. The zero-order valence-electron chi connectivity index (χ0n) is 15.2. The van der Waals surface area contributed by atoms with Crippen LogP contribution in [0.15, 0.2) is 22.2 Å². The molecule has 0 spiro atoms. The van der Waals surface area contributed by atoms with Crippen molar-refractivity contribution in [3.05, 3.63) is 40.4 Å². The van der Waals surface area contributed by atoms with Gasteiger partial charge in [-0.1, -0.05) is 5.16 Å². The summed E-state index contributed by atoms with van der Waals surface area (Å²) in [5.41, 5.74) is 2.70. The van der Waals surface area contributed by atoms with E-state index >= 15 is 0 Å². The van der Waals surface area contributed by atoms with E-state index < -0.39 is 0 Å². The van der Waals surface area contributed by atoms with Crippen molar-refractivity contribution in [1.82, 2.24) is 15.0 Å². The SMILES string of the molecule is Cc1cc(-n2c(C)cc(/C=C(\C#N)C(=O)NC[C@@H]3CCCO3)c2C)no1. The van der Waals surface area contributed by atoms with Gasteiger partial charge in [0.2, 0.25) is 0 Å². The maximum atomic E-state index is 12.3. The van der Waals surface area contributed by atoms with E-state index in [1.165, 1.54) is 0 Å². The molecule has 0 saturated carbocycles. The van der Waals surface area contributed by atoms with E-state index in [4.69, 9.17) is 9.26 Å². The van der Waals surface area contributed by atoms with Crippen LogP contribution in [0, 0.1) is 32.1 Å². The summed E-state index contributed by atoms with van der Waals surface area (Å²) in [7, 11) is 0. The number of nitriles is 1. The van der Waals surface area contributed by atoms with E-state index in [-0.39, 0.29) is 17.6 Å². The number of carbonyl (C=O) groups is 1. The first-order valence-corrected chi connectivity index (χ1v) is 8.64. The normalized spacial score (nSPS) is 17.3. The lowest BCUT2D eigenvalue weighted by molar-refractivity contribution is -0.117. The van der Waals surface area contributed by atoms with Gasteiger partial charge in [0.25, 0.3) is 5.91 Å². The minimum absolute atomic E-state index is 0.0411. The summed E-state index contributed by atoms with van der Waals surface area (Å²) < 4.78 is 12.6. The number of hydrogen-bond donors (Lipinski definition) is 1. The van der Waals surface area contributed by atoms with E-state index in [0.29, 0.717) is 12.4 Å². The Kier molecular flexibility index (Phi) is 5.24. The third kappa shape index (κ3) is 3.70. The van der Waals surface area contributed by atoms with Crippen LogP contribution in [0.5, 0.6) is 0 Å². The van der Waals surface area contributed by atoms with Crippen LogP contribution in [0.2, 0.25) is 0 Å². The van der Waals surface area contributed by atoms with Crippen molar-refractivity contribution in [2.24, 2.45) is 0 Å². The molecule has 0 unspecified atom stereocenters. The molecule has 1 atom stereocenters. The smallest absolute Gasteiger partial charge is 0.262 e. The molecule has 0 bridgehead atoms. The lowest BCUT2D eigenvalue weighted by Gasteiger charge is -2.10. The molecule has 0 aromatic carbocycles. The molecule has 2 aromatic rings. The van der Waals surface area contributed by atoms with E-state index in [0.717, 1.165) is 42.2 Å². The maximum Gasteiger partial charge on any atom is 0.262 e. The van der Waals surface area contributed by atoms with Crippen LogP contribution in [0.1, 0.15) is 35.6 Å². The first-order valence-electron chi connectivity index (χ1n) is 8.64. The zero-order chi connectivity index (χ0) is 18.7. The Labute approximate surface area is 152 Å². The summed E-state index contributed by atoms with van der Waals surface area (Å²) in [5, 5.41) is 16.2. The van der Waals surface area contributed by atoms with Crippen molar-refractivity contribution >= 4 is 12.0 Å². The van der Waals surface area contributed by atoms with Gasteiger partial charge >= 0.3 is 0 Å². The van der Waals surface area contributed by atoms with E-state index in [9.17, 15) is 10.1 Å². The highest BCUT2D eigenvalue weighted by Gasteiger charge is 2.19. The molecule has 1 aliphatic heterocycles. The second-order valence-corrected chi connectivity index (χ2v) is 6.47. The number of rotatable bonds is 5. The van der Waals surface area contributed by atoms with Gasteiger partial charge in [0.1, 0.15) is 17.4 Å². The van der Waals surface area contributed by atoms with Crippen LogP contribution < -0.4 is 5.32 Å². The molecule has 136 valence electrons. The highest BCUT2D eigenvalue weighted by molar-refractivity contribution is 6.01. The summed E-state index contributed by atoms with van der Waals surface area (Å²) in [5.74, 6) is 1.01. The monoisotopic (exact) mass is 354 g/mol. The van der Waals surface area contributed by atoms with Crippen LogP contribution in [-0.2, 0) is 9.53 Å². The average Bonchev–Trinajstić information content (AvgIpc) is 3.33. The molecule has 0 radical (unpaired) electrons. The Morgan fingerprint density at radius 3 is 2.88 bits per heavy atom. The van der Waals surface area contributed by atoms with Crippen LogP contribution in [0.25, 0.3) is 11.9 Å². The van der Waals surface area contributed by atoms with Gasteiger partial charge in [-0.05, 0) is 51.3 Å². The summed E-state index contributed by atoms with van der Waals surface area (Å²) in [6.45, 7) is 6.85.